The number of hydrogen-bond donors (Lipinski definition) is 0. The molecule has 2 aromatic rings. The molecule has 2 rings (SSSR count). The first kappa shape index (κ1) is 14.4. The third-order valence-electron chi connectivity index (χ3n) is 3.11. The summed E-state index contributed by atoms with van der Waals surface area (Å²) in [5, 5.41) is 0. The second kappa shape index (κ2) is 6.43. The first-order valence-electron chi connectivity index (χ1n) is 6.57. The molecular formula is C15H20N4O. The van der Waals surface area contributed by atoms with Crippen LogP contribution in [0.3, 0.4) is 0 Å². The number of hydrogen-bond acceptors (Lipinski definition) is 5. The number of pyridine rings is 1. The molecule has 0 N–H and O–H groups in total. The Labute approximate surface area is 119 Å². The lowest BCUT2D eigenvalue weighted by atomic mass is 10.2. The zero-order valence-corrected chi connectivity index (χ0v) is 12.4. The third-order valence-corrected chi connectivity index (χ3v) is 3.11. The van der Waals surface area contributed by atoms with E-state index >= 15 is 0 Å². The van der Waals surface area contributed by atoms with E-state index in [1.807, 2.05) is 50.1 Å². The standard InChI is InChI=1S/C15H20N4O/c1-11-9-12(2)18-15(17-11)19(3)14(10-20-4)13-7-5-6-8-16-13/h5-9,14H,10H2,1-4H3. The molecule has 0 aromatic carbocycles. The molecule has 5 heteroatoms. The van der Waals surface area contributed by atoms with Crippen molar-refractivity contribution in [3.63, 3.8) is 0 Å². The lowest BCUT2D eigenvalue weighted by molar-refractivity contribution is 0.177. The molecule has 106 valence electrons. The van der Waals surface area contributed by atoms with Gasteiger partial charge in [0.05, 0.1) is 18.3 Å². The largest absolute Gasteiger partial charge is 0.382 e. The molecule has 0 radical (unpaired) electrons. The fraction of sp³-hybridized carbons (Fsp3) is 0.400. The van der Waals surface area contributed by atoms with Gasteiger partial charge in [0.15, 0.2) is 0 Å². The average Bonchev–Trinajstić information content (AvgIpc) is 2.44. The van der Waals surface area contributed by atoms with E-state index in [2.05, 4.69) is 15.0 Å². The second-order valence-corrected chi connectivity index (χ2v) is 4.79. The number of ether oxygens (including phenoxy) is 1. The molecule has 0 spiro atoms. The average molecular weight is 272 g/mol. The Balaban J connectivity index is 2.33. The smallest absolute Gasteiger partial charge is 0.226 e. The molecular weight excluding hydrogens is 252 g/mol. The number of aryl methyl sites for hydroxylation is 2. The monoisotopic (exact) mass is 272 g/mol. The van der Waals surface area contributed by atoms with Gasteiger partial charge in [-0.1, -0.05) is 6.07 Å². The van der Waals surface area contributed by atoms with E-state index in [1.165, 1.54) is 0 Å². The van der Waals surface area contributed by atoms with Gasteiger partial charge in [-0.2, -0.15) is 0 Å². The first-order chi connectivity index (χ1) is 9.61. The van der Waals surface area contributed by atoms with Crippen LogP contribution < -0.4 is 4.90 Å². The molecule has 0 aliphatic rings. The predicted octanol–water partition coefficient (Wildman–Crippen LogP) is 2.31. The van der Waals surface area contributed by atoms with E-state index in [-0.39, 0.29) is 6.04 Å². The van der Waals surface area contributed by atoms with Gasteiger partial charge in [0.25, 0.3) is 0 Å². The van der Waals surface area contributed by atoms with E-state index in [0.29, 0.717) is 12.6 Å². The van der Waals surface area contributed by atoms with Gasteiger partial charge in [-0.25, -0.2) is 9.97 Å². The minimum Gasteiger partial charge on any atom is -0.382 e. The molecule has 5 nitrogen and oxygen atoms in total. The summed E-state index contributed by atoms with van der Waals surface area (Å²) in [5.74, 6) is 0.690. The first-order valence-corrected chi connectivity index (χ1v) is 6.57. The molecule has 2 aromatic heterocycles. The highest BCUT2D eigenvalue weighted by molar-refractivity contribution is 5.35. The van der Waals surface area contributed by atoms with E-state index < -0.39 is 0 Å². The third kappa shape index (κ3) is 3.30. The Kier molecular flexibility index (Phi) is 4.63. The van der Waals surface area contributed by atoms with Crippen LogP contribution in [0, 0.1) is 13.8 Å². The van der Waals surface area contributed by atoms with Gasteiger partial charge in [0, 0.05) is 31.7 Å². The van der Waals surface area contributed by atoms with Crippen LogP contribution >= 0.6 is 0 Å². The van der Waals surface area contributed by atoms with Crippen molar-refractivity contribution in [2.45, 2.75) is 19.9 Å². The van der Waals surface area contributed by atoms with Crippen molar-refractivity contribution in [3.8, 4) is 0 Å². The van der Waals surface area contributed by atoms with Gasteiger partial charge in [-0.3, -0.25) is 4.98 Å². The normalized spacial score (nSPS) is 12.2. The van der Waals surface area contributed by atoms with Crippen LogP contribution in [0.15, 0.2) is 30.5 Å². The van der Waals surface area contributed by atoms with Crippen LogP contribution in [0.4, 0.5) is 5.95 Å². The Morgan fingerprint density at radius 2 is 1.90 bits per heavy atom. The molecule has 0 amide bonds. The maximum atomic E-state index is 5.32. The lowest BCUT2D eigenvalue weighted by Crippen LogP contribution is -2.30. The van der Waals surface area contributed by atoms with Crippen LogP contribution in [0.25, 0.3) is 0 Å². The van der Waals surface area contributed by atoms with E-state index in [4.69, 9.17) is 4.74 Å². The highest BCUT2D eigenvalue weighted by Gasteiger charge is 2.20. The SMILES string of the molecule is COCC(c1ccccn1)N(C)c1nc(C)cc(C)n1. The lowest BCUT2D eigenvalue weighted by Gasteiger charge is -2.27. The predicted molar refractivity (Wildman–Crippen MR) is 78.8 cm³/mol. The fourth-order valence-corrected chi connectivity index (χ4v) is 2.13. The van der Waals surface area contributed by atoms with Crippen LogP contribution in [-0.4, -0.2) is 35.7 Å². The number of rotatable bonds is 5. The fourth-order valence-electron chi connectivity index (χ4n) is 2.13. The van der Waals surface area contributed by atoms with Gasteiger partial charge < -0.3 is 9.64 Å². The Morgan fingerprint density at radius 1 is 1.20 bits per heavy atom. The minimum atomic E-state index is -0.0117. The summed E-state index contributed by atoms with van der Waals surface area (Å²) in [7, 11) is 3.65. The number of anilines is 1. The van der Waals surface area contributed by atoms with Gasteiger partial charge in [-0.05, 0) is 32.0 Å². The molecule has 0 fully saturated rings. The molecule has 0 aliphatic carbocycles. The van der Waals surface area contributed by atoms with Gasteiger partial charge >= 0.3 is 0 Å². The quantitative estimate of drug-likeness (QED) is 0.836. The van der Waals surface area contributed by atoms with Crippen LogP contribution in [0.1, 0.15) is 23.1 Å². The summed E-state index contributed by atoms with van der Waals surface area (Å²) in [6.45, 7) is 4.47. The van der Waals surface area contributed by atoms with Crippen LogP contribution in [-0.2, 0) is 4.74 Å². The van der Waals surface area contributed by atoms with Crippen molar-refractivity contribution >= 4 is 5.95 Å². The number of likely N-dealkylation sites (N-methyl/N-ethyl adjacent to an activating group) is 1. The number of nitrogens with zero attached hydrogens (tertiary/aromatic N) is 4. The maximum Gasteiger partial charge on any atom is 0.226 e. The van der Waals surface area contributed by atoms with E-state index in [0.717, 1.165) is 17.1 Å². The molecule has 0 saturated heterocycles. The van der Waals surface area contributed by atoms with Gasteiger partial charge in [-0.15, -0.1) is 0 Å². The zero-order valence-electron chi connectivity index (χ0n) is 12.4. The van der Waals surface area contributed by atoms with Crippen molar-refractivity contribution in [2.75, 3.05) is 25.7 Å². The van der Waals surface area contributed by atoms with Crippen molar-refractivity contribution in [1.82, 2.24) is 15.0 Å². The van der Waals surface area contributed by atoms with E-state index in [9.17, 15) is 0 Å². The summed E-state index contributed by atoms with van der Waals surface area (Å²) in [6.07, 6.45) is 1.79. The van der Waals surface area contributed by atoms with E-state index in [1.54, 1.807) is 13.3 Å². The van der Waals surface area contributed by atoms with Crippen molar-refractivity contribution in [1.29, 1.82) is 0 Å². The topological polar surface area (TPSA) is 51.1 Å². The Hall–Kier alpha value is -2.01. The van der Waals surface area contributed by atoms with Crippen LogP contribution in [0.2, 0.25) is 0 Å². The Bertz CT molecular complexity index is 539. The summed E-state index contributed by atoms with van der Waals surface area (Å²) in [4.78, 5) is 15.4. The maximum absolute atomic E-state index is 5.32. The Morgan fingerprint density at radius 3 is 2.45 bits per heavy atom. The number of methoxy groups -OCH3 is 1. The molecule has 2 heterocycles. The molecule has 0 bridgehead atoms. The molecule has 1 unspecified atom stereocenters. The molecule has 1 atom stereocenters. The molecule has 0 aliphatic heterocycles. The number of aromatic nitrogens is 3. The van der Waals surface area contributed by atoms with Gasteiger partial charge in [0.1, 0.15) is 0 Å². The van der Waals surface area contributed by atoms with Crippen LogP contribution in [0.5, 0.6) is 0 Å². The summed E-state index contributed by atoms with van der Waals surface area (Å²) >= 11 is 0. The summed E-state index contributed by atoms with van der Waals surface area (Å²) in [5.41, 5.74) is 2.85. The summed E-state index contributed by atoms with van der Waals surface area (Å²) < 4.78 is 5.32. The zero-order chi connectivity index (χ0) is 14.5. The van der Waals surface area contributed by atoms with Crippen molar-refractivity contribution in [3.05, 3.63) is 47.5 Å². The highest BCUT2D eigenvalue weighted by Crippen LogP contribution is 2.22. The second-order valence-electron chi connectivity index (χ2n) is 4.79. The minimum absolute atomic E-state index is 0.0117. The highest BCUT2D eigenvalue weighted by atomic mass is 16.5. The van der Waals surface area contributed by atoms with Crippen molar-refractivity contribution < 1.29 is 4.74 Å². The van der Waals surface area contributed by atoms with Gasteiger partial charge in [0.2, 0.25) is 5.95 Å². The van der Waals surface area contributed by atoms with Crippen molar-refractivity contribution in [2.24, 2.45) is 0 Å². The summed E-state index contributed by atoms with van der Waals surface area (Å²) in [6, 6.07) is 7.82. The molecule has 0 saturated carbocycles. The molecule has 20 heavy (non-hydrogen) atoms.